The average Bonchev–Trinajstić information content (AvgIpc) is 2.27. The molecule has 1 unspecified atom stereocenters. The molecule has 3 N–H and O–H groups in total. The number of aliphatic hydroxyl groups excluding tert-OH is 1. The molecule has 0 fully saturated rings. The average molecular weight is 243 g/mol. The Bertz CT molecular complexity index is 358. The molecule has 0 spiro atoms. The monoisotopic (exact) mass is 242 g/mol. The van der Waals surface area contributed by atoms with Gasteiger partial charge in [-0.3, -0.25) is 0 Å². The van der Waals surface area contributed by atoms with Crippen molar-refractivity contribution in [3.05, 3.63) is 34.9 Å². The van der Waals surface area contributed by atoms with E-state index in [1.165, 1.54) is 0 Å². The van der Waals surface area contributed by atoms with Gasteiger partial charge in [0.1, 0.15) is 0 Å². The number of benzene rings is 1. The highest BCUT2D eigenvalue weighted by Gasteiger charge is 2.11. The number of hydrogen-bond donors (Lipinski definition) is 3. The number of nitrogens with one attached hydrogen (secondary N) is 2. The van der Waals surface area contributed by atoms with E-state index in [1.54, 1.807) is 24.3 Å². The molecule has 1 aromatic rings. The van der Waals surface area contributed by atoms with Gasteiger partial charge in [-0.25, -0.2) is 4.79 Å². The van der Waals surface area contributed by atoms with Crippen LogP contribution in [0.4, 0.5) is 4.79 Å². The highest BCUT2D eigenvalue weighted by Crippen LogP contribution is 2.21. The zero-order valence-electron chi connectivity index (χ0n) is 9.03. The molecule has 0 saturated carbocycles. The topological polar surface area (TPSA) is 61.4 Å². The third-order valence-electron chi connectivity index (χ3n) is 2.06. The van der Waals surface area contributed by atoms with Crippen LogP contribution in [0.25, 0.3) is 0 Å². The first kappa shape index (κ1) is 12.8. The number of amides is 2. The maximum absolute atomic E-state index is 11.1. The van der Waals surface area contributed by atoms with Crippen molar-refractivity contribution in [1.29, 1.82) is 0 Å². The molecule has 0 aliphatic carbocycles. The molecule has 0 aromatic heterocycles. The van der Waals surface area contributed by atoms with E-state index >= 15 is 0 Å². The summed E-state index contributed by atoms with van der Waals surface area (Å²) in [6, 6.07) is 6.71. The Morgan fingerprint density at radius 2 is 2.12 bits per heavy atom. The van der Waals surface area contributed by atoms with E-state index in [0.717, 1.165) is 0 Å². The fraction of sp³-hybridized carbons (Fsp3) is 0.364. The fourth-order valence-electron chi connectivity index (χ4n) is 1.27. The summed E-state index contributed by atoms with van der Waals surface area (Å²) in [7, 11) is 0. The van der Waals surface area contributed by atoms with Gasteiger partial charge in [0.05, 0.1) is 6.10 Å². The van der Waals surface area contributed by atoms with Gasteiger partial charge in [0, 0.05) is 23.7 Å². The molecule has 0 saturated heterocycles. The minimum absolute atomic E-state index is 0.134. The minimum Gasteiger partial charge on any atom is -0.387 e. The summed E-state index contributed by atoms with van der Waals surface area (Å²) in [5, 5.41) is 15.4. The summed E-state index contributed by atoms with van der Waals surface area (Å²) in [5.41, 5.74) is 0.612. The third-order valence-corrected chi connectivity index (χ3v) is 2.40. The van der Waals surface area contributed by atoms with Gasteiger partial charge >= 0.3 is 6.03 Å². The molecule has 1 atom stereocenters. The molecule has 88 valence electrons. The Morgan fingerprint density at radius 3 is 2.75 bits per heavy atom. The van der Waals surface area contributed by atoms with Crippen LogP contribution < -0.4 is 10.6 Å². The van der Waals surface area contributed by atoms with Crippen LogP contribution in [0.1, 0.15) is 18.6 Å². The first-order chi connectivity index (χ1) is 7.65. The molecule has 2 amide bonds. The normalized spacial score (nSPS) is 11.9. The predicted molar refractivity (Wildman–Crippen MR) is 63.5 cm³/mol. The first-order valence-corrected chi connectivity index (χ1v) is 5.47. The Balaban J connectivity index is 2.50. The standard InChI is InChI=1S/C11H15ClN2O2/c1-2-13-11(16)14-7-10(15)8-5-3-4-6-9(8)12/h3-6,10,15H,2,7H2,1H3,(H2,13,14,16). The third kappa shape index (κ3) is 3.72. The van der Waals surface area contributed by atoms with Crippen molar-refractivity contribution in [3.63, 3.8) is 0 Å². The molecule has 0 aliphatic heterocycles. The van der Waals surface area contributed by atoms with Gasteiger partial charge < -0.3 is 15.7 Å². The lowest BCUT2D eigenvalue weighted by Crippen LogP contribution is -2.37. The van der Waals surface area contributed by atoms with Crippen LogP contribution in [0.5, 0.6) is 0 Å². The summed E-state index contributed by atoms with van der Waals surface area (Å²) in [5.74, 6) is 0. The molecular weight excluding hydrogens is 228 g/mol. The van der Waals surface area contributed by atoms with Crippen molar-refractivity contribution in [2.24, 2.45) is 0 Å². The maximum Gasteiger partial charge on any atom is 0.314 e. The zero-order valence-corrected chi connectivity index (χ0v) is 9.79. The lowest BCUT2D eigenvalue weighted by Gasteiger charge is -2.13. The van der Waals surface area contributed by atoms with Crippen LogP contribution >= 0.6 is 11.6 Å². The van der Waals surface area contributed by atoms with Crippen LogP contribution in [0.2, 0.25) is 5.02 Å². The van der Waals surface area contributed by atoms with Crippen molar-refractivity contribution in [3.8, 4) is 0 Å². The Morgan fingerprint density at radius 1 is 1.44 bits per heavy atom. The fourth-order valence-corrected chi connectivity index (χ4v) is 1.53. The van der Waals surface area contributed by atoms with Crippen LogP contribution in [0, 0.1) is 0 Å². The van der Waals surface area contributed by atoms with Gasteiger partial charge in [-0.15, -0.1) is 0 Å². The van der Waals surface area contributed by atoms with E-state index in [4.69, 9.17) is 11.6 Å². The summed E-state index contributed by atoms with van der Waals surface area (Å²) in [6.07, 6.45) is -0.795. The van der Waals surface area contributed by atoms with Gasteiger partial charge in [-0.1, -0.05) is 29.8 Å². The quantitative estimate of drug-likeness (QED) is 0.753. The molecule has 16 heavy (non-hydrogen) atoms. The molecule has 0 heterocycles. The number of rotatable bonds is 4. The summed E-state index contributed by atoms with van der Waals surface area (Å²) in [4.78, 5) is 11.1. The summed E-state index contributed by atoms with van der Waals surface area (Å²) in [6.45, 7) is 2.51. The molecule has 0 radical (unpaired) electrons. The van der Waals surface area contributed by atoms with Crippen molar-refractivity contribution < 1.29 is 9.90 Å². The van der Waals surface area contributed by atoms with Crippen LogP contribution in [0.3, 0.4) is 0 Å². The van der Waals surface area contributed by atoms with E-state index in [0.29, 0.717) is 17.1 Å². The van der Waals surface area contributed by atoms with E-state index in [2.05, 4.69) is 10.6 Å². The van der Waals surface area contributed by atoms with Gasteiger partial charge in [0.2, 0.25) is 0 Å². The van der Waals surface area contributed by atoms with E-state index < -0.39 is 6.10 Å². The first-order valence-electron chi connectivity index (χ1n) is 5.09. The molecule has 1 rings (SSSR count). The lowest BCUT2D eigenvalue weighted by atomic mass is 10.1. The van der Waals surface area contributed by atoms with E-state index in [1.807, 2.05) is 6.92 Å². The Labute approximate surface area is 99.6 Å². The smallest absolute Gasteiger partial charge is 0.314 e. The van der Waals surface area contributed by atoms with Crippen LogP contribution in [0.15, 0.2) is 24.3 Å². The van der Waals surface area contributed by atoms with Crippen molar-refractivity contribution in [1.82, 2.24) is 10.6 Å². The molecule has 0 aliphatic rings. The second kappa shape index (κ2) is 6.35. The predicted octanol–water partition coefficient (Wildman–Crippen LogP) is 1.69. The van der Waals surface area contributed by atoms with Gasteiger partial charge in [-0.2, -0.15) is 0 Å². The highest BCUT2D eigenvalue weighted by molar-refractivity contribution is 6.31. The second-order valence-electron chi connectivity index (χ2n) is 3.28. The second-order valence-corrected chi connectivity index (χ2v) is 3.68. The molecule has 1 aromatic carbocycles. The van der Waals surface area contributed by atoms with Crippen LogP contribution in [-0.2, 0) is 0 Å². The number of carbonyl (C=O) groups excluding carboxylic acids is 1. The van der Waals surface area contributed by atoms with Crippen molar-refractivity contribution in [2.75, 3.05) is 13.1 Å². The largest absolute Gasteiger partial charge is 0.387 e. The Kier molecular flexibility index (Phi) is 5.08. The maximum atomic E-state index is 11.1. The van der Waals surface area contributed by atoms with Gasteiger partial charge in [0.25, 0.3) is 0 Å². The lowest BCUT2D eigenvalue weighted by molar-refractivity contribution is 0.173. The summed E-state index contributed by atoms with van der Waals surface area (Å²) >= 11 is 5.91. The van der Waals surface area contributed by atoms with Crippen molar-refractivity contribution in [2.45, 2.75) is 13.0 Å². The van der Waals surface area contributed by atoms with Gasteiger partial charge in [-0.05, 0) is 13.0 Å². The molecule has 5 heteroatoms. The van der Waals surface area contributed by atoms with Gasteiger partial charge in [0.15, 0.2) is 0 Å². The molecule has 0 bridgehead atoms. The number of hydrogen-bond acceptors (Lipinski definition) is 2. The zero-order chi connectivity index (χ0) is 12.0. The van der Waals surface area contributed by atoms with E-state index in [9.17, 15) is 9.90 Å². The van der Waals surface area contributed by atoms with E-state index in [-0.39, 0.29) is 12.6 Å². The molecular formula is C11H15ClN2O2. The highest BCUT2D eigenvalue weighted by atomic mass is 35.5. The van der Waals surface area contributed by atoms with Crippen LogP contribution in [-0.4, -0.2) is 24.2 Å². The number of aliphatic hydroxyl groups is 1. The summed E-state index contributed by atoms with van der Waals surface area (Å²) < 4.78 is 0. The Hall–Kier alpha value is -1.26. The number of urea groups is 1. The number of carbonyl (C=O) groups is 1. The minimum atomic E-state index is -0.795. The van der Waals surface area contributed by atoms with Crippen molar-refractivity contribution >= 4 is 17.6 Å². The number of halogens is 1. The SMILES string of the molecule is CCNC(=O)NCC(O)c1ccccc1Cl. The molecule has 4 nitrogen and oxygen atoms in total.